The molecule has 1 aromatic rings. The molecule has 5 nitrogen and oxygen atoms in total. The lowest BCUT2D eigenvalue weighted by Gasteiger charge is -2.33. The third-order valence-corrected chi connectivity index (χ3v) is 4.01. The topological polar surface area (TPSA) is 75.8 Å². The van der Waals surface area contributed by atoms with Crippen molar-refractivity contribution < 1.29 is 14.6 Å². The molecule has 1 saturated heterocycles. The highest BCUT2D eigenvalue weighted by molar-refractivity contribution is 5.93. The van der Waals surface area contributed by atoms with Crippen molar-refractivity contribution in [3.8, 4) is 5.75 Å². The van der Waals surface area contributed by atoms with Gasteiger partial charge in [0, 0.05) is 0 Å². The van der Waals surface area contributed by atoms with Crippen molar-refractivity contribution in [3.05, 3.63) is 23.8 Å². The summed E-state index contributed by atoms with van der Waals surface area (Å²) in [6, 6.07) is 4.82. The summed E-state index contributed by atoms with van der Waals surface area (Å²) in [5, 5.41) is 9.21. The number of aromatic carboxylic acids is 1. The third kappa shape index (κ3) is 3.22. The van der Waals surface area contributed by atoms with Crippen LogP contribution >= 0.6 is 0 Å². The van der Waals surface area contributed by atoms with Gasteiger partial charge in [-0.05, 0) is 58.0 Å². The zero-order valence-electron chi connectivity index (χ0n) is 12.0. The largest absolute Gasteiger partial charge is 0.487 e. The highest BCUT2D eigenvalue weighted by Crippen LogP contribution is 2.30. The Morgan fingerprint density at radius 3 is 2.70 bits per heavy atom. The van der Waals surface area contributed by atoms with Crippen LogP contribution in [0.2, 0.25) is 0 Å². The number of piperidine rings is 1. The van der Waals surface area contributed by atoms with Crippen LogP contribution in [0.25, 0.3) is 0 Å². The molecule has 1 aliphatic heterocycles. The van der Waals surface area contributed by atoms with Crippen LogP contribution in [-0.4, -0.2) is 42.2 Å². The molecule has 20 heavy (non-hydrogen) atoms. The quantitative estimate of drug-likeness (QED) is 0.825. The first-order valence-corrected chi connectivity index (χ1v) is 6.96. The molecule has 1 fully saturated rings. The third-order valence-electron chi connectivity index (χ3n) is 4.01. The molecule has 1 unspecified atom stereocenters. The number of benzene rings is 1. The second-order valence-corrected chi connectivity index (χ2v) is 5.49. The molecule has 1 heterocycles. The molecule has 0 radical (unpaired) electrons. The Kier molecular flexibility index (Phi) is 4.49. The zero-order valence-corrected chi connectivity index (χ0v) is 12.0. The summed E-state index contributed by atoms with van der Waals surface area (Å²) in [4.78, 5) is 13.5. The summed E-state index contributed by atoms with van der Waals surface area (Å²) in [5.74, 6) is -0.276. The van der Waals surface area contributed by atoms with Gasteiger partial charge in [-0.1, -0.05) is 6.07 Å². The van der Waals surface area contributed by atoms with Crippen molar-refractivity contribution >= 4 is 11.7 Å². The van der Waals surface area contributed by atoms with Crippen molar-refractivity contribution in [2.45, 2.75) is 25.9 Å². The smallest absolute Gasteiger partial charge is 0.339 e. The van der Waals surface area contributed by atoms with Crippen molar-refractivity contribution in [1.29, 1.82) is 0 Å². The molecule has 5 heteroatoms. The monoisotopic (exact) mass is 278 g/mol. The summed E-state index contributed by atoms with van der Waals surface area (Å²) in [5.41, 5.74) is 6.37. The first-order valence-electron chi connectivity index (χ1n) is 6.96. The van der Waals surface area contributed by atoms with Crippen LogP contribution < -0.4 is 10.5 Å². The molecule has 0 aliphatic carbocycles. The molecule has 3 N–H and O–H groups in total. The van der Waals surface area contributed by atoms with Crippen LogP contribution in [-0.2, 0) is 0 Å². The summed E-state index contributed by atoms with van der Waals surface area (Å²) in [6.45, 7) is 4.09. The van der Waals surface area contributed by atoms with Gasteiger partial charge in [-0.15, -0.1) is 0 Å². The predicted molar refractivity (Wildman–Crippen MR) is 78.1 cm³/mol. The Morgan fingerprint density at radius 1 is 1.45 bits per heavy atom. The van der Waals surface area contributed by atoms with Crippen molar-refractivity contribution in [2.75, 3.05) is 25.9 Å². The van der Waals surface area contributed by atoms with Crippen LogP contribution in [0.1, 0.15) is 30.1 Å². The summed E-state index contributed by atoms with van der Waals surface area (Å²) in [6.07, 6.45) is 2.09. The minimum Gasteiger partial charge on any atom is -0.487 e. The summed E-state index contributed by atoms with van der Waals surface area (Å²) in [7, 11) is 2.11. The maximum absolute atomic E-state index is 11.2. The van der Waals surface area contributed by atoms with Crippen LogP contribution in [0, 0.1) is 5.92 Å². The SMILES string of the molecule is CC(Oc1c(N)cccc1C(=O)O)C1CCN(C)CC1. The van der Waals surface area contributed by atoms with E-state index in [2.05, 4.69) is 11.9 Å². The van der Waals surface area contributed by atoms with E-state index in [1.165, 1.54) is 6.07 Å². The Balaban J connectivity index is 2.11. The molecular weight excluding hydrogens is 256 g/mol. The molecule has 0 amide bonds. The van der Waals surface area contributed by atoms with E-state index in [9.17, 15) is 9.90 Å². The van der Waals surface area contributed by atoms with Gasteiger partial charge < -0.3 is 20.5 Å². The number of carbonyl (C=O) groups is 1. The standard InChI is InChI=1S/C15H22N2O3/c1-10(11-6-8-17(2)9-7-11)20-14-12(15(18)19)4-3-5-13(14)16/h3-5,10-11H,6-9,16H2,1-2H3,(H,18,19). The average Bonchev–Trinajstić information content (AvgIpc) is 2.41. The maximum Gasteiger partial charge on any atom is 0.339 e. The van der Waals surface area contributed by atoms with E-state index in [1.54, 1.807) is 12.1 Å². The number of carboxylic acid groups (broad SMARTS) is 1. The second-order valence-electron chi connectivity index (χ2n) is 5.49. The number of nitrogens with two attached hydrogens (primary N) is 1. The Hall–Kier alpha value is -1.75. The molecule has 1 atom stereocenters. The molecule has 0 bridgehead atoms. The maximum atomic E-state index is 11.2. The van der Waals surface area contributed by atoms with E-state index >= 15 is 0 Å². The van der Waals surface area contributed by atoms with Gasteiger partial charge in [-0.25, -0.2) is 4.79 Å². The zero-order chi connectivity index (χ0) is 14.7. The molecule has 0 saturated carbocycles. The van der Waals surface area contributed by atoms with E-state index in [1.807, 2.05) is 6.92 Å². The normalized spacial score (nSPS) is 18.7. The second kappa shape index (κ2) is 6.13. The van der Waals surface area contributed by atoms with E-state index in [0.29, 0.717) is 17.4 Å². The number of nitrogen functional groups attached to an aromatic ring is 1. The van der Waals surface area contributed by atoms with Gasteiger partial charge in [0.25, 0.3) is 0 Å². The lowest BCUT2D eigenvalue weighted by molar-refractivity contribution is 0.0676. The van der Waals surface area contributed by atoms with Gasteiger partial charge in [0.05, 0.1) is 11.8 Å². The van der Waals surface area contributed by atoms with E-state index < -0.39 is 5.97 Å². The van der Waals surface area contributed by atoms with Gasteiger partial charge in [0.1, 0.15) is 5.56 Å². The molecule has 110 valence electrons. The number of nitrogens with zero attached hydrogens (tertiary/aromatic N) is 1. The predicted octanol–water partition coefficient (Wildman–Crippen LogP) is 2.08. The fraction of sp³-hybridized carbons (Fsp3) is 0.533. The van der Waals surface area contributed by atoms with E-state index in [0.717, 1.165) is 25.9 Å². The number of likely N-dealkylation sites (tertiary alicyclic amines) is 1. The lowest BCUT2D eigenvalue weighted by Crippen LogP contribution is -2.36. The average molecular weight is 278 g/mol. The number of rotatable bonds is 4. The van der Waals surface area contributed by atoms with Crippen LogP contribution in [0.3, 0.4) is 0 Å². The molecule has 2 rings (SSSR count). The lowest BCUT2D eigenvalue weighted by atomic mass is 9.92. The number of hydrogen-bond donors (Lipinski definition) is 2. The molecule has 0 spiro atoms. The summed E-state index contributed by atoms with van der Waals surface area (Å²) < 4.78 is 5.89. The molecule has 1 aliphatic rings. The highest BCUT2D eigenvalue weighted by atomic mass is 16.5. The number of hydrogen-bond acceptors (Lipinski definition) is 4. The first kappa shape index (κ1) is 14.7. The molecule has 1 aromatic carbocycles. The number of anilines is 1. The van der Waals surface area contributed by atoms with E-state index in [4.69, 9.17) is 10.5 Å². The van der Waals surface area contributed by atoms with Crippen molar-refractivity contribution in [2.24, 2.45) is 5.92 Å². The number of para-hydroxylation sites is 1. The van der Waals surface area contributed by atoms with Crippen molar-refractivity contribution in [1.82, 2.24) is 4.90 Å². The Morgan fingerprint density at radius 2 is 2.10 bits per heavy atom. The highest BCUT2D eigenvalue weighted by Gasteiger charge is 2.25. The Labute approximate surface area is 119 Å². The van der Waals surface area contributed by atoms with Gasteiger partial charge in [-0.3, -0.25) is 0 Å². The van der Waals surface area contributed by atoms with Crippen LogP contribution in [0.4, 0.5) is 5.69 Å². The minimum atomic E-state index is -1.01. The van der Waals surface area contributed by atoms with Crippen LogP contribution in [0.5, 0.6) is 5.75 Å². The first-order chi connectivity index (χ1) is 9.49. The summed E-state index contributed by atoms with van der Waals surface area (Å²) >= 11 is 0. The van der Waals surface area contributed by atoms with Crippen molar-refractivity contribution in [3.63, 3.8) is 0 Å². The van der Waals surface area contributed by atoms with Gasteiger partial charge in [0.2, 0.25) is 0 Å². The molecule has 0 aromatic heterocycles. The van der Waals surface area contributed by atoms with Crippen LogP contribution in [0.15, 0.2) is 18.2 Å². The fourth-order valence-corrected chi connectivity index (χ4v) is 2.63. The number of carboxylic acids is 1. The van der Waals surface area contributed by atoms with Gasteiger partial charge in [-0.2, -0.15) is 0 Å². The van der Waals surface area contributed by atoms with Gasteiger partial charge in [0.15, 0.2) is 5.75 Å². The van der Waals surface area contributed by atoms with E-state index in [-0.39, 0.29) is 11.7 Å². The number of ether oxygens (including phenoxy) is 1. The Bertz CT molecular complexity index is 482. The fourth-order valence-electron chi connectivity index (χ4n) is 2.63. The minimum absolute atomic E-state index is 0.0356. The van der Waals surface area contributed by atoms with Gasteiger partial charge >= 0.3 is 5.97 Å². The molecular formula is C15H22N2O3.